The van der Waals surface area contributed by atoms with Crippen LogP contribution in [0.5, 0.6) is 0 Å². The lowest BCUT2D eigenvalue weighted by atomic mass is 9.93. The van der Waals surface area contributed by atoms with Crippen molar-refractivity contribution in [2.75, 3.05) is 0 Å². The maximum absolute atomic E-state index is 4.94. The minimum absolute atomic E-state index is 0.977. The average molecular weight is 1270 g/mol. The zero-order valence-electron chi connectivity index (χ0n) is 53.9. The lowest BCUT2D eigenvalue weighted by Gasteiger charge is -2.11. The van der Waals surface area contributed by atoms with Gasteiger partial charge in [-0.1, -0.05) is 261 Å². The van der Waals surface area contributed by atoms with Crippen LogP contribution in [0.15, 0.2) is 376 Å². The van der Waals surface area contributed by atoms with Gasteiger partial charge in [-0.3, -0.25) is 9.97 Å². The van der Waals surface area contributed by atoms with Gasteiger partial charge >= 0.3 is 0 Å². The maximum atomic E-state index is 4.94. The normalized spacial score (nSPS) is 11.2. The van der Waals surface area contributed by atoms with Crippen LogP contribution in [0.4, 0.5) is 0 Å². The molecule has 0 saturated heterocycles. The molecule has 8 nitrogen and oxygen atoms in total. The molecule has 19 aromatic rings. The van der Waals surface area contributed by atoms with Crippen LogP contribution in [-0.4, -0.2) is 38.8 Å². The third-order valence-electron chi connectivity index (χ3n) is 18.4. The van der Waals surface area contributed by atoms with Gasteiger partial charge in [0.25, 0.3) is 0 Å². The number of hydrogen-bond acceptors (Lipinski definition) is 5. The number of pyridine rings is 5. The molecular formula is C91H62N8. The summed E-state index contributed by atoms with van der Waals surface area (Å²) < 4.78 is 6.08. The van der Waals surface area contributed by atoms with Gasteiger partial charge in [0, 0.05) is 56.4 Å². The standard InChI is InChI=1S/C35H24N2.2C28H19N3/c1-3-9-25(10-4-1)30-21-31(26-11-5-2-6-12-26)23-32(22-30)27-15-17-28(18-16-27)34-24-33-20-19-29-13-7-8-14-35(29)37(33)36-34;1-2-10-28-22(6-1)15-16-25-19-27(30-31(25)28)21-13-11-20(12-14-21)23-7-5-8-24(18-23)26-9-3-4-17-29-26;1-2-7-28-24(5-1)16-17-25-19-27(30-31(25)28)23-14-10-21(11-15-23)20-8-12-22(13-9-20)26-6-3-4-18-29-26/h1-24H;2*1-19H. The van der Waals surface area contributed by atoms with Gasteiger partial charge < -0.3 is 0 Å². The van der Waals surface area contributed by atoms with Crippen LogP contribution >= 0.6 is 0 Å². The van der Waals surface area contributed by atoms with Crippen LogP contribution in [0.1, 0.15) is 0 Å². The number of fused-ring (bicyclic) bond motifs is 9. The first-order chi connectivity index (χ1) is 49.0. The fraction of sp³-hybridized carbons (Fsp3) is 0. The SMILES string of the molecule is c1ccc(-c2cc(-c3ccccc3)cc(-c3ccc(-c4cc5ccc6ccccc6n5n4)cc3)c2)cc1.c1ccc(-c2ccc(-c3ccc(-c4cc5ccc6ccccc6n5n4)cc3)cc2)nc1.c1ccc(-c2cccc(-c3ccc(-c4cc5ccc6ccccc6n5n4)cc3)c2)nc1. The van der Waals surface area contributed by atoms with Gasteiger partial charge in [-0.2, -0.15) is 15.3 Å². The Kier molecular flexibility index (Phi) is 15.8. The molecule has 466 valence electrons. The molecule has 0 aliphatic heterocycles. The summed E-state index contributed by atoms with van der Waals surface area (Å²) in [6, 6.07) is 127. The van der Waals surface area contributed by atoms with Crippen LogP contribution in [0, 0.1) is 0 Å². The molecule has 0 unspecified atom stereocenters. The predicted octanol–water partition coefficient (Wildman–Crippen LogP) is 22.9. The summed E-state index contributed by atoms with van der Waals surface area (Å²) in [5, 5.41) is 18.2. The first-order valence-corrected chi connectivity index (χ1v) is 33.3. The van der Waals surface area contributed by atoms with Crippen molar-refractivity contribution in [1.82, 2.24) is 38.8 Å². The Morgan fingerprint density at radius 2 is 0.434 bits per heavy atom. The highest BCUT2D eigenvalue weighted by atomic mass is 15.2. The van der Waals surface area contributed by atoms with Crippen LogP contribution in [-0.2, 0) is 0 Å². The van der Waals surface area contributed by atoms with E-state index in [9.17, 15) is 0 Å². The number of benzene rings is 11. The van der Waals surface area contributed by atoms with Crippen molar-refractivity contribution in [3.8, 4) is 112 Å². The summed E-state index contributed by atoms with van der Waals surface area (Å²) in [6.45, 7) is 0. The van der Waals surface area contributed by atoms with E-state index in [1.54, 1.807) is 0 Å². The van der Waals surface area contributed by atoms with Crippen molar-refractivity contribution in [2.45, 2.75) is 0 Å². The average Bonchev–Trinajstić information content (AvgIpc) is 1.50. The van der Waals surface area contributed by atoms with Crippen molar-refractivity contribution >= 4 is 49.3 Å². The lowest BCUT2D eigenvalue weighted by molar-refractivity contribution is 1.01. The fourth-order valence-electron chi connectivity index (χ4n) is 13.2. The van der Waals surface area contributed by atoms with E-state index in [-0.39, 0.29) is 0 Å². The molecule has 8 heterocycles. The minimum Gasteiger partial charge on any atom is -0.256 e. The Bertz CT molecular complexity index is 5990. The first-order valence-electron chi connectivity index (χ1n) is 33.3. The zero-order valence-corrected chi connectivity index (χ0v) is 53.9. The summed E-state index contributed by atoms with van der Waals surface area (Å²) in [7, 11) is 0. The second kappa shape index (κ2) is 26.4. The highest BCUT2D eigenvalue weighted by Gasteiger charge is 2.14. The third kappa shape index (κ3) is 12.3. The van der Waals surface area contributed by atoms with Gasteiger partial charge in [0.15, 0.2) is 0 Å². The molecule has 0 aliphatic carbocycles. The van der Waals surface area contributed by atoms with Crippen molar-refractivity contribution in [2.24, 2.45) is 0 Å². The lowest BCUT2D eigenvalue weighted by Crippen LogP contribution is -1.90. The molecule has 99 heavy (non-hydrogen) atoms. The predicted molar refractivity (Wildman–Crippen MR) is 408 cm³/mol. The van der Waals surface area contributed by atoms with Crippen LogP contribution in [0.2, 0.25) is 0 Å². The van der Waals surface area contributed by atoms with Crippen LogP contribution in [0.3, 0.4) is 0 Å². The molecule has 8 heteroatoms. The third-order valence-corrected chi connectivity index (χ3v) is 18.4. The van der Waals surface area contributed by atoms with E-state index in [0.29, 0.717) is 0 Å². The van der Waals surface area contributed by atoms with E-state index in [1.165, 1.54) is 71.8 Å². The molecule has 0 radical (unpaired) electrons. The number of hydrogen-bond donors (Lipinski definition) is 0. The van der Waals surface area contributed by atoms with Gasteiger partial charge in [0.1, 0.15) is 0 Å². The van der Waals surface area contributed by atoms with Gasteiger partial charge in [0.05, 0.1) is 61.6 Å². The fourth-order valence-corrected chi connectivity index (χ4v) is 13.2. The van der Waals surface area contributed by atoms with E-state index < -0.39 is 0 Å². The van der Waals surface area contributed by atoms with E-state index in [1.807, 2.05) is 62.3 Å². The van der Waals surface area contributed by atoms with Crippen molar-refractivity contribution < 1.29 is 0 Å². The van der Waals surface area contributed by atoms with Crippen molar-refractivity contribution in [3.63, 3.8) is 0 Å². The van der Waals surface area contributed by atoms with Crippen molar-refractivity contribution in [3.05, 3.63) is 376 Å². The smallest absolute Gasteiger partial charge is 0.0933 e. The number of nitrogens with zero attached hydrogens (tertiary/aromatic N) is 8. The van der Waals surface area contributed by atoms with E-state index in [0.717, 1.165) is 89.4 Å². The van der Waals surface area contributed by atoms with Crippen molar-refractivity contribution in [1.29, 1.82) is 0 Å². The van der Waals surface area contributed by atoms with E-state index >= 15 is 0 Å². The largest absolute Gasteiger partial charge is 0.256 e. The minimum atomic E-state index is 0.977. The van der Waals surface area contributed by atoms with Gasteiger partial charge in [0.2, 0.25) is 0 Å². The Hall–Kier alpha value is -13.4. The van der Waals surface area contributed by atoms with Crippen LogP contribution < -0.4 is 0 Å². The highest BCUT2D eigenvalue weighted by molar-refractivity contribution is 5.88. The Labute approximate surface area is 573 Å². The maximum Gasteiger partial charge on any atom is 0.0933 e. The van der Waals surface area contributed by atoms with Gasteiger partial charge in [-0.25, -0.2) is 13.5 Å². The van der Waals surface area contributed by atoms with Gasteiger partial charge in [-0.15, -0.1) is 0 Å². The monoisotopic (exact) mass is 1270 g/mol. The van der Waals surface area contributed by atoms with E-state index in [2.05, 4.69) is 338 Å². The summed E-state index contributed by atoms with van der Waals surface area (Å²) in [5.74, 6) is 0. The molecule has 0 bridgehead atoms. The summed E-state index contributed by atoms with van der Waals surface area (Å²) in [4.78, 5) is 8.89. The molecule has 0 saturated carbocycles. The second-order valence-electron chi connectivity index (χ2n) is 24.6. The summed E-state index contributed by atoms with van der Waals surface area (Å²) in [5.41, 5.74) is 29.1. The zero-order chi connectivity index (χ0) is 65.9. The Morgan fingerprint density at radius 3 is 0.808 bits per heavy atom. The van der Waals surface area contributed by atoms with Crippen LogP contribution in [0.25, 0.3) is 161 Å². The summed E-state index contributed by atoms with van der Waals surface area (Å²) >= 11 is 0. The first kappa shape index (κ1) is 59.3. The molecule has 0 atom stereocenters. The molecular weight excluding hydrogens is 1210 g/mol. The molecule has 0 amide bonds. The molecule has 8 aromatic heterocycles. The molecule has 19 rings (SSSR count). The number of rotatable bonds is 10. The Balaban J connectivity index is 0.000000112. The topological polar surface area (TPSA) is 77.7 Å². The second-order valence-corrected chi connectivity index (χ2v) is 24.6. The summed E-state index contributed by atoms with van der Waals surface area (Å²) in [6.07, 6.45) is 3.65. The van der Waals surface area contributed by atoms with E-state index in [4.69, 9.17) is 15.3 Å². The molecule has 0 N–H and O–H groups in total. The molecule has 11 aromatic carbocycles. The molecule has 0 aliphatic rings. The number of para-hydroxylation sites is 3. The highest BCUT2D eigenvalue weighted by Crippen LogP contribution is 2.36. The molecule has 0 fully saturated rings. The quantitative estimate of drug-likeness (QED) is 0.136. The number of aromatic nitrogens is 8. The Morgan fingerprint density at radius 1 is 0.162 bits per heavy atom. The van der Waals surface area contributed by atoms with Gasteiger partial charge in [-0.05, 0) is 159 Å². The molecule has 0 spiro atoms.